The topological polar surface area (TPSA) is 85.7 Å². The lowest BCUT2D eigenvalue weighted by Gasteiger charge is -2.09. The highest BCUT2D eigenvalue weighted by Crippen LogP contribution is 2.29. The highest BCUT2D eigenvalue weighted by atomic mass is 19.2. The van der Waals surface area contributed by atoms with Crippen LogP contribution in [0.25, 0.3) is 0 Å². The molecule has 0 saturated carbocycles. The lowest BCUT2D eigenvalue weighted by atomic mass is 10.2. The number of aryl methyl sites for hydroxylation is 2. The predicted octanol–water partition coefficient (Wildman–Crippen LogP) is 1.89. The number of hydrogen-bond donors (Lipinski definition) is 2. The molecular formula is C12H12F2N4O2. The first-order chi connectivity index (χ1) is 9.45. The highest BCUT2D eigenvalue weighted by molar-refractivity contribution is 6.00. The van der Waals surface area contributed by atoms with E-state index in [1.807, 2.05) is 0 Å². The molecule has 0 fully saturated rings. The Labute approximate surface area is 113 Å². The summed E-state index contributed by atoms with van der Waals surface area (Å²) in [5.41, 5.74) is 6.16. The van der Waals surface area contributed by atoms with Crippen molar-refractivity contribution in [2.24, 2.45) is 17.9 Å². The number of amidine groups is 1. The molecule has 8 heteroatoms. The molecule has 0 atom stereocenters. The van der Waals surface area contributed by atoms with Crippen molar-refractivity contribution in [3.8, 4) is 11.6 Å². The molecule has 0 radical (unpaired) electrons. The van der Waals surface area contributed by atoms with Crippen LogP contribution in [0.3, 0.4) is 0 Å². The molecule has 6 nitrogen and oxygen atoms in total. The molecule has 0 unspecified atom stereocenters. The van der Waals surface area contributed by atoms with Gasteiger partial charge in [0.15, 0.2) is 17.4 Å². The number of ether oxygens (including phenoxy) is 1. The molecule has 3 N–H and O–H groups in total. The van der Waals surface area contributed by atoms with Crippen LogP contribution in [0.15, 0.2) is 23.4 Å². The number of oxime groups is 1. The number of halogens is 2. The number of hydrogen-bond acceptors (Lipinski definition) is 4. The average molecular weight is 282 g/mol. The third-order valence-corrected chi connectivity index (χ3v) is 2.66. The molecule has 0 aliphatic carbocycles. The number of rotatable bonds is 3. The van der Waals surface area contributed by atoms with Crippen molar-refractivity contribution in [2.75, 3.05) is 0 Å². The van der Waals surface area contributed by atoms with E-state index in [0.29, 0.717) is 5.69 Å². The van der Waals surface area contributed by atoms with Crippen molar-refractivity contribution in [3.63, 3.8) is 0 Å². The number of benzene rings is 1. The van der Waals surface area contributed by atoms with Crippen LogP contribution >= 0.6 is 0 Å². The molecule has 1 aromatic heterocycles. The molecule has 2 aromatic rings. The standard InChI is InChI=1S/C12H12F2N4O2/c1-6-9(11(15)17-19)12(18(2)16-6)20-8-5-3-4-7(13)10(8)14/h3-5,19H,1-2H3,(H2,15,17). The third-order valence-electron chi connectivity index (χ3n) is 2.66. The molecule has 0 aliphatic rings. The second-order valence-electron chi connectivity index (χ2n) is 4.03. The Hall–Kier alpha value is -2.64. The quantitative estimate of drug-likeness (QED) is 0.389. The summed E-state index contributed by atoms with van der Waals surface area (Å²) in [7, 11) is 1.54. The van der Waals surface area contributed by atoms with Gasteiger partial charge in [0.1, 0.15) is 5.56 Å². The minimum Gasteiger partial charge on any atom is -0.435 e. The summed E-state index contributed by atoms with van der Waals surface area (Å²) in [6.07, 6.45) is 0. The van der Waals surface area contributed by atoms with Crippen molar-refractivity contribution in [3.05, 3.63) is 41.1 Å². The summed E-state index contributed by atoms with van der Waals surface area (Å²) < 4.78 is 33.3. The fourth-order valence-electron chi connectivity index (χ4n) is 1.77. The van der Waals surface area contributed by atoms with Gasteiger partial charge in [0.2, 0.25) is 11.7 Å². The number of nitrogens with two attached hydrogens (primary N) is 1. The Kier molecular flexibility index (Phi) is 3.55. The van der Waals surface area contributed by atoms with Crippen LogP contribution in [-0.2, 0) is 7.05 Å². The van der Waals surface area contributed by atoms with Gasteiger partial charge in [0.05, 0.1) is 5.69 Å². The third kappa shape index (κ3) is 2.27. The Morgan fingerprint density at radius 2 is 2.15 bits per heavy atom. The van der Waals surface area contributed by atoms with Gasteiger partial charge in [-0.3, -0.25) is 0 Å². The van der Waals surface area contributed by atoms with E-state index in [1.54, 1.807) is 6.92 Å². The largest absolute Gasteiger partial charge is 0.435 e. The Morgan fingerprint density at radius 3 is 2.80 bits per heavy atom. The van der Waals surface area contributed by atoms with Gasteiger partial charge >= 0.3 is 0 Å². The van der Waals surface area contributed by atoms with Gasteiger partial charge in [-0.2, -0.15) is 9.49 Å². The van der Waals surface area contributed by atoms with E-state index in [-0.39, 0.29) is 23.0 Å². The van der Waals surface area contributed by atoms with Gasteiger partial charge in [-0.1, -0.05) is 11.2 Å². The van der Waals surface area contributed by atoms with Crippen molar-refractivity contribution >= 4 is 5.84 Å². The van der Waals surface area contributed by atoms with Gasteiger partial charge in [-0.15, -0.1) is 0 Å². The summed E-state index contributed by atoms with van der Waals surface area (Å²) in [6.45, 7) is 1.61. The molecular weight excluding hydrogens is 270 g/mol. The predicted molar refractivity (Wildman–Crippen MR) is 66.9 cm³/mol. The fraction of sp³-hybridized carbons (Fsp3) is 0.167. The summed E-state index contributed by atoms with van der Waals surface area (Å²) >= 11 is 0. The van der Waals surface area contributed by atoms with Gasteiger partial charge in [-0.25, -0.2) is 9.07 Å². The van der Waals surface area contributed by atoms with E-state index in [0.717, 1.165) is 6.07 Å². The maximum absolute atomic E-state index is 13.6. The zero-order chi connectivity index (χ0) is 14.9. The van der Waals surface area contributed by atoms with E-state index in [2.05, 4.69) is 10.3 Å². The Bertz CT molecular complexity index is 682. The van der Waals surface area contributed by atoms with Crippen molar-refractivity contribution in [1.29, 1.82) is 0 Å². The first-order valence-corrected chi connectivity index (χ1v) is 5.59. The maximum Gasteiger partial charge on any atom is 0.229 e. The van der Waals surface area contributed by atoms with E-state index in [9.17, 15) is 8.78 Å². The number of aromatic nitrogens is 2. The van der Waals surface area contributed by atoms with Gasteiger partial charge < -0.3 is 15.7 Å². The van der Waals surface area contributed by atoms with Crippen LogP contribution < -0.4 is 10.5 Å². The first kappa shape index (κ1) is 13.8. The van der Waals surface area contributed by atoms with Crippen molar-refractivity contribution in [2.45, 2.75) is 6.92 Å². The molecule has 20 heavy (non-hydrogen) atoms. The molecule has 0 spiro atoms. The fourth-order valence-corrected chi connectivity index (χ4v) is 1.77. The molecule has 2 rings (SSSR count). The second kappa shape index (κ2) is 5.16. The van der Waals surface area contributed by atoms with Crippen molar-refractivity contribution in [1.82, 2.24) is 9.78 Å². The SMILES string of the molecule is Cc1nn(C)c(Oc2cccc(F)c2F)c1C(N)=NO. The highest BCUT2D eigenvalue weighted by Gasteiger charge is 2.21. The minimum absolute atomic E-state index is 0.0438. The lowest BCUT2D eigenvalue weighted by Crippen LogP contribution is -2.15. The first-order valence-electron chi connectivity index (χ1n) is 5.59. The van der Waals surface area contributed by atoms with Crippen LogP contribution in [0.4, 0.5) is 8.78 Å². The average Bonchev–Trinajstić information content (AvgIpc) is 2.69. The Balaban J connectivity index is 2.51. The molecule has 0 aliphatic heterocycles. The molecule has 1 heterocycles. The summed E-state index contributed by atoms with van der Waals surface area (Å²) in [4.78, 5) is 0. The minimum atomic E-state index is -1.13. The zero-order valence-electron chi connectivity index (χ0n) is 10.8. The normalized spacial score (nSPS) is 11.7. The number of nitrogens with zero attached hydrogens (tertiary/aromatic N) is 3. The van der Waals surface area contributed by atoms with Crippen LogP contribution in [0.2, 0.25) is 0 Å². The molecule has 1 aromatic carbocycles. The summed E-state index contributed by atoms with van der Waals surface area (Å²) in [5, 5.41) is 15.6. The second-order valence-corrected chi connectivity index (χ2v) is 4.03. The molecule has 106 valence electrons. The van der Waals surface area contributed by atoms with Crippen LogP contribution in [0.5, 0.6) is 11.6 Å². The molecule has 0 bridgehead atoms. The van der Waals surface area contributed by atoms with E-state index in [1.165, 1.54) is 23.9 Å². The van der Waals surface area contributed by atoms with Gasteiger partial charge in [-0.05, 0) is 19.1 Å². The smallest absolute Gasteiger partial charge is 0.229 e. The molecule has 0 saturated heterocycles. The monoisotopic (exact) mass is 282 g/mol. The van der Waals surface area contributed by atoms with Gasteiger partial charge in [0, 0.05) is 7.05 Å². The zero-order valence-corrected chi connectivity index (χ0v) is 10.8. The van der Waals surface area contributed by atoms with Crippen LogP contribution in [0.1, 0.15) is 11.3 Å². The lowest BCUT2D eigenvalue weighted by molar-refractivity contribution is 0.318. The Morgan fingerprint density at radius 1 is 1.45 bits per heavy atom. The van der Waals surface area contributed by atoms with E-state index >= 15 is 0 Å². The summed E-state index contributed by atoms with van der Waals surface area (Å²) in [5.74, 6) is -2.67. The molecule has 0 amide bonds. The van der Waals surface area contributed by atoms with E-state index in [4.69, 9.17) is 15.7 Å². The van der Waals surface area contributed by atoms with Crippen molar-refractivity contribution < 1.29 is 18.7 Å². The summed E-state index contributed by atoms with van der Waals surface area (Å²) in [6, 6.07) is 3.54. The van der Waals surface area contributed by atoms with E-state index < -0.39 is 11.6 Å². The van der Waals surface area contributed by atoms with Crippen LogP contribution in [0, 0.1) is 18.6 Å². The van der Waals surface area contributed by atoms with Crippen LogP contribution in [-0.4, -0.2) is 20.8 Å². The van der Waals surface area contributed by atoms with Gasteiger partial charge in [0.25, 0.3) is 0 Å². The maximum atomic E-state index is 13.6.